The van der Waals surface area contributed by atoms with E-state index in [-0.39, 0.29) is 17.8 Å². The lowest BCUT2D eigenvalue weighted by Crippen LogP contribution is -2.28. The van der Waals surface area contributed by atoms with Gasteiger partial charge < -0.3 is 9.15 Å². The van der Waals surface area contributed by atoms with Crippen LogP contribution in [-0.2, 0) is 16.1 Å². The Kier molecular flexibility index (Phi) is 4.85. The molecule has 1 heterocycles. The zero-order valence-electron chi connectivity index (χ0n) is 10.6. The van der Waals surface area contributed by atoms with Gasteiger partial charge in [-0.2, -0.15) is 0 Å². The maximum atomic E-state index is 11.2. The number of carbonyl (C=O) groups excluding carboxylic acids is 1. The van der Waals surface area contributed by atoms with E-state index < -0.39 is 4.92 Å². The summed E-state index contributed by atoms with van der Waals surface area (Å²) in [4.78, 5) is 22.9. The minimum absolute atomic E-state index is 0.259. The van der Waals surface area contributed by atoms with Crippen LogP contribution in [0.4, 0.5) is 5.88 Å². The zero-order valence-corrected chi connectivity index (χ0v) is 10.6. The molecule has 1 rings (SSSR count). The number of rotatable bonds is 6. The van der Waals surface area contributed by atoms with Crippen molar-refractivity contribution >= 4 is 11.9 Å². The Morgan fingerprint density at radius 3 is 2.78 bits per heavy atom. The predicted molar refractivity (Wildman–Crippen MR) is 62.9 cm³/mol. The van der Waals surface area contributed by atoms with Gasteiger partial charge in [-0.1, -0.05) is 6.92 Å². The van der Waals surface area contributed by atoms with Gasteiger partial charge in [0.25, 0.3) is 0 Å². The number of nitro groups is 1. The average molecular weight is 256 g/mol. The van der Waals surface area contributed by atoms with E-state index in [0.29, 0.717) is 18.8 Å². The van der Waals surface area contributed by atoms with Crippen LogP contribution in [0.3, 0.4) is 0 Å². The van der Waals surface area contributed by atoms with Crippen LogP contribution in [0.5, 0.6) is 0 Å². The Balaban J connectivity index is 2.51. The molecule has 0 aliphatic rings. The van der Waals surface area contributed by atoms with Gasteiger partial charge in [0, 0.05) is 6.54 Å². The largest absolute Gasteiger partial charge is 0.469 e. The maximum Gasteiger partial charge on any atom is 0.433 e. The van der Waals surface area contributed by atoms with Crippen LogP contribution in [-0.4, -0.2) is 36.5 Å². The third-order valence-electron chi connectivity index (χ3n) is 2.44. The van der Waals surface area contributed by atoms with Crippen molar-refractivity contribution in [2.45, 2.75) is 13.5 Å². The minimum Gasteiger partial charge on any atom is -0.469 e. The molecule has 1 atom stereocenters. The molecule has 7 heteroatoms. The number of esters is 1. The molecule has 1 aromatic rings. The fraction of sp³-hybridized carbons (Fsp3) is 0.545. The lowest BCUT2D eigenvalue weighted by atomic mass is 10.2. The molecule has 1 aromatic heterocycles. The molecule has 0 N–H and O–H groups in total. The normalized spacial score (nSPS) is 12.4. The highest BCUT2D eigenvalue weighted by Crippen LogP contribution is 2.17. The maximum absolute atomic E-state index is 11.2. The number of furan rings is 1. The lowest BCUT2D eigenvalue weighted by molar-refractivity contribution is -0.402. The second-order valence-corrected chi connectivity index (χ2v) is 4.12. The van der Waals surface area contributed by atoms with Crippen molar-refractivity contribution in [1.29, 1.82) is 0 Å². The molecule has 18 heavy (non-hydrogen) atoms. The van der Waals surface area contributed by atoms with E-state index in [2.05, 4.69) is 4.74 Å². The van der Waals surface area contributed by atoms with Gasteiger partial charge in [0.2, 0.25) is 0 Å². The fourth-order valence-corrected chi connectivity index (χ4v) is 1.62. The van der Waals surface area contributed by atoms with Crippen LogP contribution < -0.4 is 0 Å². The van der Waals surface area contributed by atoms with E-state index in [9.17, 15) is 14.9 Å². The third-order valence-corrected chi connectivity index (χ3v) is 2.44. The SMILES string of the molecule is COC(=O)C(C)CN(C)Cc1ccc([N+](=O)[O-])o1. The average Bonchev–Trinajstić information content (AvgIpc) is 2.76. The summed E-state index contributed by atoms with van der Waals surface area (Å²) in [6.45, 7) is 2.64. The second-order valence-electron chi connectivity index (χ2n) is 4.12. The van der Waals surface area contributed by atoms with E-state index in [1.165, 1.54) is 13.2 Å². The summed E-state index contributed by atoms with van der Waals surface area (Å²) in [5.74, 6) is -0.335. The quantitative estimate of drug-likeness (QED) is 0.434. The summed E-state index contributed by atoms with van der Waals surface area (Å²) in [5, 5.41) is 10.4. The molecule has 0 aliphatic heterocycles. The molecule has 1 unspecified atom stereocenters. The molecular formula is C11H16N2O5. The lowest BCUT2D eigenvalue weighted by Gasteiger charge is -2.18. The van der Waals surface area contributed by atoms with Gasteiger partial charge in [0.15, 0.2) is 0 Å². The Labute approximate surface area is 104 Å². The zero-order chi connectivity index (χ0) is 13.7. The summed E-state index contributed by atoms with van der Waals surface area (Å²) >= 11 is 0. The van der Waals surface area contributed by atoms with E-state index in [1.807, 2.05) is 4.90 Å². The van der Waals surface area contributed by atoms with Gasteiger partial charge in [-0.15, -0.1) is 0 Å². The number of ether oxygens (including phenoxy) is 1. The summed E-state index contributed by atoms with van der Waals surface area (Å²) in [6, 6.07) is 2.87. The van der Waals surface area contributed by atoms with Crippen molar-refractivity contribution in [2.24, 2.45) is 5.92 Å². The van der Waals surface area contributed by atoms with Crippen molar-refractivity contribution < 1.29 is 18.9 Å². The molecule has 0 saturated carbocycles. The number of hydrogen-bond acceptors (Lipinski definition) is 6. The minimum atomic E-state index is -0.583. The monoisotopic (exact) mass is 256 g/mol. The molecule has 0 aromatic carbocycles. The van der Waals surface area contributed by atoms with Crippen LogP contribution in [0.2, 0.25) is 0 Å². The van der Waals surface area contributed by atoms with Gasteiger partial charge >= 0.3 is 11.9 Å². The number of carbonyl (C=O) groups is 1. The third kappa shape index (κ3) is 3.85. The molecule has 0 spiro atoms. The highest BCUT2D eigenvalue weighted by atomic mass is 16.6. The van der Waals surface area contributed by atoms with Gasteiger partial charge in [-0.05, 0) is 13.1 Å². The molecule has 0 saturated heterocycles. The Hall–Kier alpha value is -1.89. The Morgan fingerprint density at radius 2 is 2.28 bits per heavy atom. The molecule has 7 nitrogen and oxygen atoms in total. The Morgan fingerprint density at radius 1 is 1.61 bits per heavy atom. The second kappa shape index (κ2) is 6.15. The van der Waals surface area contributed by atoms with Crippen LogP contribution in [0.1, 0.15) is 12.7 Å². The topological polar surface area (TPSA) is 85.8 Å². The molecular weight excluding hydrogens is 240 g/mol. The van der Waals surface area contributed by atoms with E-state index in [4.69, 9.17) is 4.42 Å². The molecule has 0 bridgehead atoms. The van der Waals surface area contributed by atoms with Crippen LogP contribution in [0, 0.1) is 16.0 Å². The summed E-state index contributed by atoms with van der Waals surface area (Å²) in [5.41, 5.74) is 0. The number of hydrogen-bond donors (Lipinski definition) is 0. The highest BCUT2D eigenvalue weighted by Gasteiger charge is 2.17. The molecule has 0 amide bonds. The van der Waals surface area contributed by atoms with Gasteiger partial charge in [-0.25, -0.2) is 0 Å². The fourth-order valence-electron chi connectivity index (χ4n) is 1.62. The van der Waals surface area contributed by atoms with Gasteiger partial charge in [-0.3, -0.25) is 19.8 Å². The van der Waals surface area contributed by atoms with Crippen molar-refractivity contribution in [3.05, 3.63) is 28.0 Å². The van der Waals surface area contributed by atoms with E-state index in [1.54, 1.807) is 20.0 Å². The standard InChI is InChI=1S/C11H16N2O5/c1-8(11(14)17-3)6-12(2)7-9-4-5-10(18-9)13(15)16/h4-5,8H,6-7H2,1-3H3. The van der Waals surface area contributed by atoms with Gasteiger partial charge in [0.1, 0.15) is 10.7 Å². The summed E-state index contributed by atoms with van der Waals surface area (Å²) < 4.78 is 9.65. The molecule has 100 valence electrons. The first-order valence-corrected chi connectivity index (χ1v) is 5.43. The van der Waals surface area contributed by atoms with Crippen molar-refractivity contribution in [3.63, 3.8) is 0 Å². The van der Waals surface area contributed by atoms with Crippen LogP contribution in [0.25, 0.3) is 0 Å². The highest BCUT2D eigenvalue weighted by molar-refractivity contribution is 5.72. The van der Waals surface area contributed by atoms with Crippen molar-refractivity contribution in [2.75, 3.05) is 20.7 Å². The number of nitrogens with zero attached hydrogens (tertiary/aromatic N) is 2. The van der Waals surface area contributed by atoms with Gasteiger partial charge in [0.05, 0.1) is 25.6 Å². The molecule has 0 fully saturated rings. The van der Waals surface area contributed by atoms with E-state index in [0.717, 1.165) is 0 Å². The van der Waals surface area contributed by atoms with Crippen molar-refractivity contribution in [1.82, 2.24) is 4.90 Å². The molecule has 0 radical (unpaired) electrons. The number of methoxy groups -OCH3 is 1. The first-order chi connectivity index (χ1) is 8.43. The van der Waals surface area contributed by atoms with Crippen molar-refractivity contribution in [3.8, 4) is 0 Å². The van der Waals surface area contributed by atoms with E-state index >= 15 is 0 Å². The predicted octanol–water partition coefficient (Wildman–Crippen LogP) is 1.43. The first kappa shape index (κ1) is 14.2. The van der Waals surface area contributed by atoms with Crippen LogP contribution >= 0.6 is 0 Å². The summed E-state index contributed by atoms with van der Waals surface area (Å²) in [7, 11) is 3.14. The Bertz CT molecular complexity index is 429. The molecule has 0 aliphatic carbocycles. The first-order valence-electron chi connectivity index (χ1n) is 5.43. The smallest absolute Gasteiger partial charge is 0.433 e. The summed E-state index contributed by atoms with van der Waals surface area (Å²) in [6.07, 6.45) is 0. The van der Waals surface area contributed by atoms with Crippen LogP contribution in [0.15, 0.2) is 16.5 Å².